The van der Waals surface area contributed by atoms with E-state index in [2.05, 4.69) is 10.1 Å². The Bertz CT molecular complexity index is 889. The molecule has 1 heterocycles. The monoisotopic (exact) mass is 351 g/mol. The summed E-state index contributed by atoms with van der Waals surface area (Å²) < 4.78 is 12.3. The first-order valence-electron chi connectivity index (χ1n) is 8.00. The summed E-state index contributed by atoms with van der Waals surface area (Å²) >= 11 is 0. The van der Waals surface area contributed by atoms with E-state index in [1.807, 2.05) is 0 Å². The van der Waals surface area contributed by atoms with Crippen LogP contribution in [-0.4, -0.2) is 39.7 Å². The normalized spacial score (nSPS) is 10.3. The van der Waals surface area contributed by atoms with Crippen LogP contribution in [0.25, 0.3) is 5.69 Å². The van der Waals surface area contributed by atoms with Crippen molar-refractivity contribution in [2.45, 2.75) is 6.92 Å². The van der Waals surface area contributed by atoms with Crippen LogP contribution in [-0.2, 0) is 4.74 Å². The van der Waals surface area contributed by atoms with Gasteiger partial charge in [0.2, 0.25) is 0 Å². The van der Waals surface area contributed by atoms with E-state index in [4.69, 9.17) is 9.47 Å². The van der Waals surface area contributed by atoms with Crippen LogP contribution in [0.15, 0.2) is 61.2 Å². The summed E-state index contributed by atoms with van der Waals surface area (Å²) in [7, 11) is 0. The van der Waals surface area contributed by atoms with Gasteiger partial charge in [0.15, 0.2) is 5.78 Å². The third kappa shape index (κ3) is 4.13. The zero-order valence-electron chi connectivity index (χ0n) is 14.2. The Labute approximate surface area is 150 Å². The van der Waals surface area contributed by atoms with Crippen molar-refractivity contribution in [1.82, 2.24) is 14.8 Å². The first kappa shape index (κ1) is 17.3. The fraction of sp³-hybridized carbons (Fsp3) is 0.158. The Morgan fingerprint density at radius 2 is 1.81 bits per heavy atom. The van der Waals surface area contributed by atoms with Crippen molar-refractivity contribution in [2.75, 3.05) is 13.2 Å². The topological polar surface area (TPSA) is 83.3 Å². The van der Waals surface area contributed by atoms with Crippen molar-refractivity contribution in [1.29, 1.82) is 0 Å². The molecule has 0 fully saturated rings. The van der Waals surface area contributed by atoms with Gasteiger partial charge in [0, 0.05) is 0 Å². The molecule has 0 amide bonds. The van der Waals surface area contributed by atoms with E-state index in [0.717, 1.165) is 5.69 Å². The molecule has 7 heteroatoms. The number of hydrogen-bond acceptors (Lipinski definition) is 6. The summed E-state index contributed by atoms with van der Waals surface area (Å²) in [4.78, 5) is 27.5. The Hall–Kier alpha value is -3.48. The molecule has 0 unspecified atom stereocenters. The van der Waals surface area contributed by atoms with E-state index in [1.54, 1.807) is 59.5 Å². The van der Waals surface area contributed by atoms with Crippen LogP contribution in [0.1, 0.15) is 27.6 Å². The SMILES string of the molecule is CC(=O)c1ccccc1OCCOC(=O)c1ccc(-n2cncn2)cc1. The molecular weight excluding hydrogens is 334 g/mol. The van der Waals surface area contributed by atoms with Crippen LogP contribution in [0, 0.1) is 0 Å². The number of carbonyl (C=O) groups excluding carboxylic acids is 2. The summed E-state index contributed by atoms with van der Waals surface area (Å²) in [6, 6.07) is 13.8. The minimum atomic E-state index is -0.446. The molecule has 0 spiro atoms. The van der Waals surface area contributed by atoms with Gasteiger partial charge in [0.05, 0.1) is 16.8 Å². The molecule has 0 aliphatic heterocycles. The van der Waals surface area contributed by atoms with E-state index in [-0.39, 0.29) is 19.0 Å². The van der Waals surface area contributed by atoms with E-state index < -0.39 is 5.97 Å². The van der Waals surface area contributed by atoms with Gasteiger partial charge < -0.3 is 9.47 Å². The summed E-state index contributed by atoms with van der Waals surface area (Å²) in [6.45, 7) is 1.72. The number of Topliss-reactive ketones (excluding diaryl/α,β-unsaturated/α-hetero) is 1. The lowest BCUT2D eigenvalue weighted by Gasteiger charge is -2.10. The summed E-state index contributed by atoms with van der Waals surface area (Å²) in [5.74, 6) is -0.0445. The molecule has 0 N–H and O–H groups in total. The van der Waals surface area contributed by atoms with E-state index in [1.165, 1.54) is 13.3 Å². The van der Waals surface area contributed by atoms with Crippen LogP contribution >= 0.6 is 0 Å². The second-order valence-corrected chi connectivity index (χ2v) is 5.42. The Morgan fingerprint density at radius 1 is 1.04 bits per heavy atom. The van der Waals surface area contributed by atoms with Gasteiger partial charge in [-0.2, -0.15) is 5.10 Å². The Kier molecular flexibility index (Phi) is 5.38. The van der Waals surface area contributed by atoms with Gasteiger partial charge in [0.1, 0.15) is 31.6 Å². The zero-order chi connectivity index (χ0) is 18.4. The molecule has 3 aromatic rings. The largest absolute Gasteiger partial charge is 0.489 e. The van der Waals surface area contributed by atoms with Crippen LogP contribution in [0.3, 0.4) is 0 Å². The number of benzene rings is 2. The molecule has 1 aromatic heterocycles. The Morgan fingerprint density at radius 3 is 2.50 bits per heavy atom. The Balaban J connectivity index is 1.51. The molecule has 0 bridgehead atoms. The predicted octanol–water partition coefficient (Wildman–Crippen LogP) is 2.71. The van der Waals surface area contributed by atoms with Crippen LogP contribution in [0.2, 0.25) is 0 Å². The number of rotatable bonds is 7. The number of aromatic nitrogens is 3. The number of nitrogens with zero attached hydrogens (tertiary/aromatic N) is 3. The molecule has 3 rings (SSSR count). The van der Waals surface area contributed by atoms with Crippen LogP contribution in [0.5, 0.6) is 5.75 Å². The highest BCUT2D eigenvalue weighted by Gasteiger charge is 2.10. The highest BCUT2D eigenvalue weighted by molar-refractivity contribution is 5.96. The third-order valence-corrected chi connectivity index (χ3v) is 3.63. The lowest BCUT2D eigenvalue weighted by Crippen LogP contribution is -2.13. The zero-order valence-corrected chi connectivity index (χ0v) is 14.2. The molecule has 0 atom stereocenters. The number of ketones is 1. The van der Waals surface area contributed by atoms with Gasteiger partial charge in [-0.15, -0.1) is 0 Å². The third-order valence-electron chi connectivity index (χ3n) is 3.63. The lowest BCUT2D eigenvalue weighted by atomic mass is 10.1. The number of esters is 1. The lowest BCUT2D eigenvalue weighted by molar-refractivity contribution is 0.0449. The second-order valence-electron chi connectivity index (χ2n) is 5.42. The summed E-state index contributed by atoms with van der Waals surface area (Å²) in [5.41, 5.74) is 1.73. The maximum Gasteiger partial charge on any atom is 0.338 e. The fourth-order valence-corrected chi connectivity index (χ4v) is 2.34. The highest BCUT2D eigenvalue weighted by Crippen LogP contribution is 2.18. The van der Waals surface area contributed by atoms with Gasteiger partial charge in [-0.3, -0.25) is 4.79 Å². The summed E-state index contributed by atoms with van der Waals surface area (Å²) in [6.07, 6.45) is 3.01. The molecule has 26 heavy (non-hydrogen) atoms. The first-order valence-corrected chi connectivity index (χ1v) is 8.00. The maximum absolute atomic E-state index is 12.1. The second kappa shape index (κ2) is 8.06. The molecule has 7 nitrogen and oxygen atoms in total. The molecule has 2 aromatic carbocycles. The standard InChI is InChI=1S/C19H17N3O4/c1-14(23)17-4-2-3-5-18(17)25-10-11-26-19(24)15-6-8-16(9-7-15)22-13-20-12-21-22/h2-9,12-13H,10-11H2,1H3. The van der Waals surface area contributed by atoms with Crippen LogP contribution < -0.4 is 4.74 Å². The molecule has 0 saturated carbocycles. The van der Waals surface area contributed by atoms with Gasteiger partial charge in [-0.25, -0.2) is 14.5 Å². The molecular formula is C19H17N3O4. The number of carbonyl (C=O) groups is 2. The predicted molar refractivity (Wildman–Crippen MR) is 93.6 cm³/mol. The quantitative estimate of drug-likeness (QED) is 0.370. The maximum atomic E-state index is 12.1. The first-order chi connectivity index (χ1) is 12.6. The fourth-order valence-electron chi connectivity index (χ4n) is 2.34. The van der Waals surface area contributed by atoms with Gasteiger partial charge in [-0.05, 0) is 43.3 Å². The number of hydrogen-bond donors (Lipinski definition) is 0. The van der Waals surface area contributed by atoms with Crippen molar-refractivity contribution >= 4 is 11.8 Å². The molecule has 0 radical (unpaired) electrons. The highest BCUT2D eigenvalue weighted by atomic mass is 16.6. The van der Waals surface area contributed by atoms with E-state index in [0.29, 0.717) is 16.9 Å². The van der Waals surface area contributed by atoms with Gasteiger partial charge in [0.25, 0.3) is 0 Å². The van der Waals surface area contributed by atoms with Gasteiger partial charge in [-0.1, -0.05) is 12.1 Å². The molecule has 0 aliphatic carbocycles. The van der Waals surface area contributed by atoms with Crippen molar-refractivity contribution in [2.24, 2.45) is 0 Å². The minimum Gasteiger partial charge on any atom is -0.489 e. The van der Waals surface area contributed by atoms with E-state index in [9.17, 15) is 9.59 Å². The average molecular weight is 351 g/mol. The van der Waals surface area contributed by atoms with Gasteiger partial charge >= 0.3 is 5.97 Å². The molecule has 0 aliphatic rings. The smallest absolute Gasteiger partial charge is 0.338 e. The number of para-hydroxylation sites is 1. The minimum absolute atomic E-state index is 0.0786. The van der Waals surface area contributed by atoms with Crippen LogP contribution in [0.4, 0.5) is 0 Å². The van der Waals surface area contributed by atoms with Crippen molar-refractivity contribution in [3.8, 4) is 11.4 Å². The molecule has 0 saturated heterocycles. The van der Waals surface area contributed by atoms with Crippen molar-refractivity contribution in [3.63, 3.8) is 0 Å². The number of ether oxygens (including phenoxy) is 2. The van der Waals surface area contributed by atoms with Crippen molar-refractivity contribution in [3.05, 3.63) is 72.3 Å². The van der Waals surface area contributed by atoms with E-state index >= 15 is 0 Å². The average Bonchev–Trinajstić information content (AvgIpc) is 3.20. The summed E-state index contributed by atoms with van der Waals surface area (Å²) in [5, 5.41) is 4.02. The molecule has 132 valence electrons. The van der Waals surface area contributed by atoms with Crippen molar-refractivity contribution < 1.29 is 19.1 Å².